The van der Waals surface area contributed by atoms with E-state index in [0.29, 0.717) is 12.0 Å². The highest BCUT2D eigenvalue weighted by Gasteiger charge is 2.33. The Labute approximate surface area is 73.0 Å². The van der Waals surface area contributed by atoms with Gasteiger partial charge in [-0.3, -0.25) is 0 Å². The van der Waals surface area contributed by atoms with Gasteiger partial charge in [-0.2, -0.15) is 13.2 Å². The molecule has 0 radical (unpaired) electrons. The second kappa shape index (κ2) is 3.00. The van der Waals surface area contributed by atoms with Crippen molar-refractivity contribution in [2.24, 2.45) is 0 Å². The smallest absolute Gasteiger partial charge is 0.165 e. The predicted octanol–water partition coefficient (Wildman–Crippen LogP) is 3.55. The molecule has 0 heterocycles. The van der Waals surface area contributed by atoms with Crippen LogP contribution in [-0.2, 0) is 0 Å². The van der Waals surface area contributed by atoms with E-state index in [1.807, 2.05) is 0 Å². The van der Waals surface area contributed by atoms with Gasteiger partial charge in [0.1, 0.15) is 0 Å². The van der Waals surface area contributed by atoms with Crippen molar-refractivity contribution >= 4 is 11.6 Å². The Kier molecular flexibility index (Phi) is 2.36. The highest BCUT2D eigenvalue weighted by molar-refractivity contribution is 6.30. The van der Waals surface area contributed by atoms with Crippen molar-refractivity contribution < 1.29 is 13.2 Å². The molecule has 0 unspecified atom stereocenters. The summed E-state index contributed by atoms with van der Waals surface area (Å²) in [5.74, 6) is 0. The zero-order valence-corrected chi connectivity index (χ0v) is 7.05. The zero-order valence-electron chi connectivity index (χ0n) is 6.30. The van der Waals surface area contributed by atoms with Crippen LogP contribution in [-0.4, -0.2) is 6.18 Å². The van der Waals surface area contributed by atoms with Crippen molar-refractivity contribution in [3.63, 3.8) is 0 Å². The first kappa shape index (κ1) is 9.43. The van der Waals surface area contributed by atoms with Gasteiger partial charge in [0.05, 0.1) is 5.57 Å². The lowest BCUT2D eigenvalue weighted by Crippen LogP contribution is -2.10. The molecule has 0 fully saturated rings. The van der Waals surface area contributed by atoms with Crippen LogP contribution in [0.15, 0.2) is 28.0 Å². The van der Waals surface area contributed by atoms with E-state index < -0.39 is 11.7 Å². The van der Waals surface area contributed by atoms with Gasteiger partial charge in [0, 0.05) is 11.5 Å². The second-order valence-electron chi connectivity index (χ2n) is 2.58. The van der Waals surface area contributed by atoms with Crippen molar-refractivity contribution in [3.8, 4) is 0 Å². The van der Waals surface area contributed by atoms with Crippen molar-refractivity contribution in [1.82, 2.24) is 0 Å². The molecular weight excluding hydrogens is 189 g/mol. The van der Waals surface area contributed by atoms with Gasteiger partial charge in [-0.1, -0.05) is 11.6 Å². The van der Waals surface area contributed by atoms with Gasteiger partial charge in [-0.25, -0.2) is 0 Å². The van der Waals surface area contributed by atoms with Gasteiger partial charge in [0.15, 0.2) is 0 Å². The van der Waals surface area contributed by atoms with Crippen molar-refractivity contribution in [2.75, 3.05) is 0 Å². The molecule has 0 bridgehead atoms. The minimum absolute atomic E-state index is 0.207. The number of alkyl halides is 3. The molecule has 1 rings (SSSR count). The van der Waals surface area contributed by atoms with Crippen LogP contribution < -0.4 is 0 Å². The van der Waals surface area contributed by atoms with E-state index in [2.05, 4.69) is 5.73 Å². The number of hydrogen-bond donors (Lipinski definition) is 0. The van der Waals surface area contributed by atoms with Crippen molar-refractivity contribution in [2.45, 2.75) is 19.5 Å². The number of hydrogen-bond acceptors (Lipinski definition) is 0. The zero-order chi connectivity index (χ0) is 9.35. The molecule has 0 amide bonds. The lowest BCUT2D eigenvalue weighted by Gasteiger charge is -2.10. The molecule has 0 aliphatic heterocycles. The molecule has 0 atom stereocenters. The highest BCUT2D eigenvalue weighted by Crippen LogP contribution is 2.31. The van der Waals surface area contributed by atoms with Gasteiger partial charge in [0.2, 0.25) is 0 Å². The van der Waals surface area contributed by atoms with Crippen LogP contribution in [0.3, 0.4) is 0 Å². The lowest BCUT2D eigenvalue weighted by molar-refractivity contribution is -0.0881. The summed E-state index contributed by atoms with van der Waals surface area (Å²) in [5.41, 5.74) is 1.95. The number of halogens is 4. The fourth-order valence-electron chi connectivity index (χ4n) is 0.924. The summed E-state index contributed by atoms with van der Waals surface area (Å²) in [4.78, 5) is 0. The van der Waals surface area contributed by atoms with Crippen molar-refractivity contribution in [1.29, 1.82) is 0 Å². The average molecular weight is 195 g/mol. The Morgan fingerprint density at radius 2 is 2.08 bits per heavy atom. The van der Waals surface area contributed by atoms with Gasteiger partial charge >= 0.3 is 6.18 Å². The third-order valence-corrected chi connectivity index (χ3v) is 1.63. The van der Waals surface area contributed by atoms with Crippen LogP contribution in [0, 0.1) is 0 Å². The van der Waals surface area contributed by atoms with Crippen LogP contribution in [0.1, 0.15) is 13.3 Å². The lowest BCUT2D eigenvalue weighted by atomic mass is 10.1. The molecule has 1 aliphatic rings. The normalized spacial score (nSPS) is 18.2. The Morgan fingerprint density at radius 3 is 2.50 bits per heavy atom. The molecule has 0 saturated carbocycles. The summed E-state index contributed by atoms with van der Waals surface area (Å²) < 4.78 is 36.2. The summed E-state index contributed by atoms with van der Waals surface area (Å²) in [6, 6.07) is 0. The molecule has 0 saturated heterocycles. The fraction of sp³-hybridized carbons (Fsp3) is 0.375. The molecule has 12 heavy (non-hydrogen) atoms. The molecule has 66 valence electrons. The van der Waals surface area contributed by atoms with E-state index >= 15 is 0 Å². The first-order valence-electron chi connectivity index (χ1n) is 3.29. The Balaban J connectivity index is 3.12. The van der Waals surface area contributed by atoms with E-state index in [0.717, 1.165) is 6.08 Å². The van der Waals surface area contributed by atoms with Gasteiger partial charge in [-0.05, 0) is 18.6 Å². The Morgan fingerprint density at radius 1 is 1.50 bits per heavy atom. The third-order valence-electron chi connectivity index (χ3n) is 1.39. The topological polar surface area (TPSA) is 0 Å². The highest BCUT2D eigenvalue weighted by atomic mass is 35.5. The average Bonchev–Trinajstić information content (AvgIpc) is 1.82. The van der Waals surface area contributed by atoms with Crippen LogP contribution in [0.5, 0.6) is 0 Å². The summed E-state index contributed by atoms with van der Waals surface area (Å²) in [6.07, 6.45) is -3.07. The summed E-state index contributed by atoms with van der Waals surface area (Å²) in [7, 11) is 0. The largest absolute Gasteiger partial charge is 0.423 e. The van der Waals surface area contributed by atoms with Crippen LogP contribution in [0.2, 0.25) is 0 Å². The Bertz CT molecular complexity index is 290. The third kappa shape index (κ3) is 2.16. The van der Waals surface area contributed by atoms with Gasteiger partial charge in [0.25, 0.3) is 0 Å². The van der Waals surface area contributed by atoms with Crippen molar-refractivity contribution in [3.05, 3.63) is 28.0 Å². The Hall–Kier alpha value is -0.660. The van der Waals surface area contributed by atoms with E-state index in [9.17, 15) is 13.2 Å². The molecular formula is C8H6ClF3. The van der Waals surface area contributed by atoms with Gasteiger partial charge in [-0.15, -0.1) is 5.73 Å². The first-order valence-corrected chi connectivity index (χ1v) is 3.67. The van der Waals surface area contributed by atoms with E-state index in [1.165, 1.54) is 0 Å². The molecule has 0 aromatic rings. The monoisotopic (exact) mass is 194 g/mol. The molecule has 4 heteroatoms. The van der Waals surface area contributed by atoms with E-state index in [1.54, 1.807) is 6.92 Å². The second-order valence-corrected chi connectivity index (χ2v) is 3.07. The minimum atomic E-state index is -4.35. The van der Waals surface area contributed by atoms with Crippen LogP contribution >= 0.6 is 11.6 Å². The molecule has 1 aliphatic carbocycles. The molecule has 0 N–H and O–H groups in total. The number of allylic oxidation sites excluding steroid dienone is 3. The maximum atomic E-state index is 12.1. The van der Waals surface area contributed by atoms with E-state index in [4.69, 9.17) is 11.6 Å². The maximum absolute atomic E-state index is 12.1. The van der Waals surface area contributed by atoms with Crippen LogP contribution in [0.25, 0.3) is 0 Å². The predicted molar refractivity (Wildman–Crippen MR) is 40.8 cm³/mol. The van der Waals surface area contributed by atoms with Crippen LogP contribution in [0.4, 0.5) is 13.2 Å². The number of rotatable bonds is 0. The standard InChI is InChI=1S/C8H6ClF3/c1-5-2-6(8(10,11)12)4-7(9)3-5/h4H,3H2,1H3. The minimum Gasteiger partial charge on any atom is -0.165 e. The summed E-state index contributed by atoms with van der Waals surface area (Å²) in [5, 5.41) is 0.207. The van der Waals surface area contributed by atoms with Gasteiger partial charge < -0.3 is 0 Å². The summed E-state index contributed by atoms with van der Waals surface area (Å²) in [6.45, 7) is 1.57. The molecule has 0 spiro atoms. The fourth-order valence-corrected chi connectivity index (χ4v) is 1.23. The summed E-state index contributed by atoms with van der Waals surface area (Å²) >= 11 is 5.49. The molecule has 0 nitrogen and oxygen atoms in total. The quantitative estimate of drug-likeness (QED) is 0.518. The maximum Gasteiger partial charge on any atom is 0.423 e. The molecule has 0 aromatic heterocycles. The SMILES string of the molecule is CC1=C=C(C(F)(F)F)C=C(Cl)C1. The molecule has 0 aromatic carbocycles. The first-order chi connectivity index (χ1) is 5.39. The van der Waals surface area contributed by atoms with E-state index in [-0.39, 0.29) is 5.03 Å².